The van der Waals surface area contributed by atoms with Crippen LogP contribution in [-0.4, -0.2) is 18.9 Å². The van der Waals surface area contributed by atoms with Gasteiger partial charge in [-0.25, -0.2) is 9.97 Å². The van der Waals surface area contributed by atoms with Gasteiger partial charge >= 0.3 is 0 Å². The topological polar surface area (TPSA) is 35.1 Å². The van der Waals surface area contributed by atoms with E-state index in [4.69, 9.17) is 9.97 Å². The number of aromatic nitrogens is 4. The van der Waals surface area contributed by atoms with Crippen LogP contribution in [0.15, 0.2) is 158 Å². The van der Waals surface area contributed by atoms with Crippen LogP contribution in [0.1, 0.15) is 25.0 Å². The molecule has 12 aromatic rings. The minimum atomic E-state index is -0.288. The molecule has 0 N–H and O–H groups in total. The van der Waals surface area contributed by atoms with Crippen molar-refractivity contribution in [2.75, 3.05) is 0 Å². The summed E-state index contributed by atoms with van der Waals surface area (Å²) < 4.78 is 4.81. The second-order valence-corrected chi connectivity index (χ2v) is 15.8. The molecule has 0 unspecified atom stereocenters. The average Bonchev–Trinajstić information content (AvgIpc) is 3.92. The molecule has 4 nitrogen and oxygen atoms in total. The van der Waals surface area contributed by atoms with Crippen molar-refractivity contribution in [2.24, 2.45) is 0 Å². The van der Waals surface area contributed by atoms with Crippen molar-refractivity contribution in [3.8, 4) is 28.5 Å². The Balaban J connectivity index is 1.23. The summed E-state index contributed by atoms with van der Waals surface area (Å²) in [6.45, 7) is 4.65. The molecule has 0 radical (unpaired) electrons. The number of benzene rings is 8. The van der Waals surface area contributed by atoms with Crippen LogP contribution in [0.5, 0.6) is 0 Å². The smallest absolute Gasteiger partial charge is 0.235 e. The molecule has 0 saturated carbocycles. The Morgan fingerprint density at radius 3 is 1.91 bits per heavy atom. The number of rotatable bonds is 2. The third-order valence-electron chi connectivity index (χ3n) is 12.6. The molecule has 8 aromatic carbocycles. The molecule has 256 valence electrons. The standard InChI is InChI=1S/C51H32N4/c1-51(2)39-23-9-7-19-36(39)48-46(51)47(34-20-11-16-29-13-5-6-17-32(29)34)52-50(53-48)55-42-26-25-41-44(45(42)38-27-30-14-3-4-15-31(30)28-43(38)55)37-22-12-21-35-33-18-8-10-24-40(33)54(41)49(35)37/h3-28H,1-2H3. The van der Waals surface area contributed by atoms with Gasteiger partial charge in [0.15, 0.2) is 0 Å². The van der Waals surface area contributed by atoms with Gasteiger partial charge in [0.1, 0.15) is 0 Å². The SMILES string of the molecule is CC1(C)c2ccccc2-c2nc(-n3c4cc5ccccc5cc4c4c5c6cccc7c8ccccc8n(c5ccc43)c76)nc(-c3cccc4ccccc34)c21. The van der Waals surface area contributed by atoms with Crippen molar-refractivity contribution in [1.82, 2.24) is 18.9 Å². The van der Waals surface area contributed by atoms with E-state index in [-0.39, 0.29) is 5.41 Å². The fraction of sp³-hybridized carbons (Fsp3) is 0.0588. The van der Waals surface area contributed by atoms with Crippen LogP contribution in [0.3, 0.4) is 0 Å². The van der Waals surface area contributed by atoms with Crippen LogP contribution < -0.4 is 0 Å². The molecule has 0 fully saturated rings. The largest absolute Gasteiger partial charge is 0.308 e. The highest BCUT2D eigenvalue weighted by atomic mass is 15.2. The van der Waals surface area contributed by atoms with Crippen LogP contribution in [0, 0.1) is 0 Å². The Hall–Kier alpha value is -7.04. The van der Waals surface area contributed by atoms with Crippen molar-refractivity contribution < 1.29 is 0 Å². The monoisotopic (exact) mass is 700 g/mol. The third-order valence-corrected chi connectivity index (χ3v) is 12.6. The molecule has 1 aliphatic carbocycles. The summed E-state index contributed by atoms with van der Waals surface area (Å²) in [5.41, 5.74) is 12.4. The molecule has 0 atom stereocenters. The van der Waals surface area contributed by atoms with E-state index in [2.05, 4.69) is 181 Å². The molecule has 0 aliphatic heterocycles. The summed E-state index contributed by atoms with van der Waals surface area (Å²) in [6, 6.07) is 57.7. The fourth-order valence-electron chi connectivity index (χ4n) is 10.3. The summed E-state index contributed by atoms with van der Waals surface area (Å²) in [5.74, 6) is 0.686. The van der Waals surface area contributed by atoms with Gasteiger partial charge in [0.05, 0.1) is 39.0 Å². The zero-order chi connectivity index (χ0) is 36.2. The minimum Gasteiger partial charge on any atom is -0.308 e. The highest BCUT2D eigenvalue weighted by molar-refractivity contribution is 6.33. The average molecular weight is 701 g/mol. The van der Waals surface area contributed by atoms with Crippen molar-refractivity contribution in [3.05, 3.63) is 169 Å². The van der Waals surface area contributed by atoms with E-state index in [1.807, 2.05) is 0 Å². The van der Waals surface area contributed by atoms with Crippen molar-refractivity contribution in [3.63, 3.8) is 0 Å². The molecule has 13 rings (SSSR count). The van der Waals surface area contributed by atoms with E-state index in [1.54, 1.807) is 0 Å². The molecule has 0 spiro atoms. The van der Waals surface area contributed by atoms with Gasteiger partial charge in [-0.05, 0) is 57.4 Å². The van der Waals surface area contributed by atoms with Crippen LogP contribution in [-0.2, 0) is 5.41 Å². The second-order valence-electron chi connectivity index (χ2n) is 15.8. The van der Waals surface area contributed by atoms with Crippen LogP contribution in [0.2, 0.25) is 0 Å². The van der Waals surface area contributed by atoms with Gasteiger partial charge in [0.25, 0.3) is 0 Å². The number of fused-ring (bicyclic) bond motifs is 15. The molecule has 4 heterocycles. The Morgan fingerprint density at radius 2 is 1.04 bits per heavy atom. The van der Waals surface area contributed by atoms with E-state index in [0.29, 0.717) is 5.95 Å². The first-order valence-electron chi connectivity index (χ1n) is 19.1. The lowest BCUT2D eigenvalue weighted by molar-refractivity contribution is 0.657. The zero-order valence-electron chi connectivity index (χ0n) is 30.3. The van der Waals surface area contributed by atoms with Gasteiger partial charge in [0, 0.05) is 54.4 Å². The zero-order valence-corrected chi connectivity index (χ0v) is 30.3. The number of hydrogen-bond acceptors (Lipinski definition) is 2. The van der Waals surface area contributed by atoms with E-state index in [0.717, 1.165) is 28.0 Å². The van der Waals surface area contributed by atoms with E-state index in [1.165, 1.54) is 87.1 Å². The van der Waals surface area contributed by atoms with E-state index >= 15 is 0 Å². The maximum Gasteiger partial charge on any atom is 0.235 e. The Labute approximate surface area is 315 Å². The molecular formula is C51H32N4. The summed E-state index contributed by atoms with van der Waals surface area (Å²) in [6.07, 6.45) is 0. The van der Waals surface area contributed by atoms with Gasteiger partial charge < -0.3 is 4.40 Å². The molecule has 4 heteroatoms. The Morgan fingerprint density at radius 1 is 0.436 bits per heavy atom. The Kier molecular flexibility index (Phi) is 5.42. The fourth-order valence-corrected chi connectivity index (χ4v) is 10.3. The maximum absolute atomic E-state index is 5.72. The minimum absolute atomic E-state index is 0.288. The quantitative estimate of drug-likeness (QED) is 0.180. The number of para-hydroxylation sites is 2. The number of nitrogens with zero attached hydrogens (tertiary/aromatic N) is 4. The second kappa shape index (κ2) is 10.1. The Bertz CT molecular complexity index is 3630. The summed E-state index contributed by atoms with van der Waals surface area (Å²) in [4.78, 5) is 11.3. The summed E-state index contributed by atoms with van der Waals surface area (Å²) >= 11 is 0. The predicted molar refractivity (Wildman–Crippen MR) is 229 cm³/mol. The summed E-state index contributed by atoms with van der Waals surface area (Å²) in [5, 5.41) is 12.3. The van der Waals surface area contributed by atoms with E-state index < -0.39 is 0 Å². The first-order valence-corrected chi connectivity index (χ1v) is 19.1. The first-order chi connectivity index (χ1) is 27.1. The van der Waals surface area contributed by atoms with Gasteiger partial charge in [0.2, 0.25) is 5.95 Å². The normalized spacial score (nSPS) is 13.8. The highest BCUT2D eigenvalue weighted by Gasteiger charge is 2.40. The highest BCUT2D eigenvalue weighted by Crippen LogP contribution is 2.52. The molecular weight excluding hydrogens is 669 g/mol. The van der Waals surface area contributed by atoms with Crippen LogP contribution in [0.25, 0.3) is 110 Å². The van der Waals surface area contributed by atoms with Crippen molar-refractivity contribution >= 4 is 81.4 Å². The lowest BCUT2D eigenvalue weighted by atomic mass is 9.80. The van der Waals surface area contributed by atoms with Gasteiger partial charge in [-0.3, -0.25) is 4.57 Å². The van der Waals surface area contributed by atoms with Gasteiger partial charge in [-0.2, -0.15) is 0 Å². The molecule has 0 bridgehead atoms. The molecule has 55 heavy (non-hydrogen) atoms. The maximum atomic E-state index is 5.72. The van der Waals surface area contributed by atoms with Crippen LogP contribution in [0.4, 0.5) is 0 Å². The van der Waals surface area contributed by atoms with Crippen molar-refractivity contribution in [2.45, 2.75) is 19.3 Å². The number of hydrogen-bond donors (Lipinski definition) is 0. The van der Waals surface area contributed by atoms with Gasteiger partial charge in [-0.15, -0.1) is 0 Å². The summed E-state index contributed by atoms with van der Waals surface area (Å²) in [7, 11) is 0. The third kappa shape index (κ3) is 3.62. The van der Waals surface area contributed by atoms with Crippen molar-refractivity contribution in [1.29, 1.82) is 0 Å². The molecule has 4 aromatic heterocycles. The first kappa shape index (κ1) is 29.4. The van der Waals surface area contributed by atoms with E-state index in [9.17, 15) is 0 Å². The predicted octanol–water partition coefficient (Wildman–Crippen LogP) is 13.0. The molecule has 0 amide bonds. The molecule has 1 aliphatic rings. The van der Waals surface area contributed by atoms with Crippen LogP contribution >= 0.6 is 0 Å². The lowest BCUT2D eigenvalue weighted by Gasteiger charge is -2.24. The molecule has 0 saturated heterocycles. The van der Waals surface area contributed by atoms with Gasteiger partial charge in [-0.1, -0.05) is 141 Å². The lowest BCUT2D eigenvalue weighted by Crippen LogP contribution is -2.18.